The van der Waals surface area contributed by atoms with Crippen LogP contribution in [0, 0.1) is 5.82 Å². The molecule has 110 valence electrons. The van der Waals surface area contributed by atoms with Crippen LogP contribution in [0.2, 0.25) is 0 Å². The zero-order chi connectivity index (χ0) is 14.9. The Balaban J connectivity index is 2.13. The highest BCUT2D eigenvalue weighted by molar-refractivity contribution is 7.88. The summed E-state index contributed by atoms with van der Waals surface area (Å²) < 4.78 is 38.2. The fourth-order valence-electron chi connectivity index (χ4n) is 2.24. The normalized spacial score (nSPS) is 17.2. The molecule has 1 heterocycles. The Morgan fingerprint density at radius 1 is 1.20 bits per heavy atom. The lowest BCUT2D eigenvalue weighted by Crippen LogP contribution is -2.48. The maximum atomic E-state index is 14.0. The van der Waals surface area contributed by atoms with Crippen molar-refractivity contribution < 1.29 is 17.6 Å². The molecule has 0 bridgehead atoms. The van der Waals surface area contributed by atoms with Gasteiger partial charge in [-0.25, -0.2) is 12.8 Å². The van der Waals surface area contributed by atoms with Gasteiger partial charge in [0.1, 0.15) is 5.82 Å². The van der Waals surface area contributed by atoms with Crippen LogP contribution in [0.1, 0.15) is 17.3 Å². The van der Waals surface area contributed by atoms with Gasteiger partial charge in [0.15, 0.2) is 5.78 Å². The smallest absolute Gasteiger partial charge is 0.211 e. The topological polar surface area (TPSA) is 57.7 Å². The van der Waals surface area contributed by atoms with Crippen molar-refractivity contribution in [1.29, 1.82) is 0 Å². The Morgan fingerprint density at radius 3 is 2.25 bits per heavy atom. The molecule has 0 radical (unpaired) electrons. The van der Waals surface area contributed by atoms with Gasteiger partial charge in [0, 0.05) is 31.7 Å². The highest BCUT2D eigenvalue weighted by Gasteiger charge is 2.24. The summed E-state index contributed by atoms with van der Waals surface area (Å²) in [4.78, 5) is 13.0. The summed E-state index contributed by atoms with van der Waals surface area (Å²) >= 11 is 0. The Kier molecular flexibility index (Phi) is 4.10. The summed E-state index contributed by atoms with van der Waals surface area (Å²) in [5.41, 5.74) is 0.740. The van der Waals surface area contributed by atoms with E-state index in [0.717, 1.165) is 0 Å². The molecule has 0 aliphatic carbocycles. The molecule has 7 heteroatoms. The fourth-order valence-corrected chi connectivity index (χ4v) is 3.07. The number of hydrogen-bond acceptors (Lipinski definition) is 4. The van der Waals surface area contributed by atoms with Crippen molar-refractivity contribution in [3.63, 3.8) is 0 Å². The van der Waals surface area contributed by atoms with E-state index >= 15 is 0 Å². The number of piperazine rings is 1. The first-order chi connectivity index (χ1) is 9.29. The number of rotatable bonds is 3. The predicted molar refractivity (Wildman–Crippen MR) is 75.0 cm³/mol. The molecule has 0 atom stereocenters. The highest BCUT2D eigenvalue weighted by atomic mass is 32.2. The number of benzene rings is 1. The molecule has 1 fully saturated rings. The lowest BCUT2D eigenvalue weighted by Gasteiger charge is -2.34. The first-order valence-corrected chi connectivity index (χ1v) is 8.14. The summed E-state index contributed by atoms with van der Waals surface area (Å²) in [7, 11) is -3.19. The van der Waals surface area contributed by atoms with Gasteiger partial charge in [-0.2, -0.15) is 4.31 Å². The summed E-state index contributed by atoms with van der Waals surface area (Å²) in [6.07, 6.45) is 1.17. The van der Waals surface area contributed by atoms with E-state index < -0.39 is 15.8 Å². The van der Waals surface area contributed by atoms with Crippen molar-refractivity contribution in [2.45, 2.75) is 6.92 Å². The third kappa shape index (κ3) is 3.16. The lowest BCUT2D eigenvalue weighted by atomic mass is 10.1. The van der Waals surface area contributed by atoms with Gasteiger partial charge in [0.2, 0.25) is 10.0 Å². The van der Waals surface area contributed by atoms with Crippen LogP contribution in [0.25, 0.3) is 0 Å². The molecular weight excluding hydrogens is 283 g/mol. The molecule has 0 spiro atoms. The molecule has 1 aliphatic rings. The van der Waals surface area contributed by atoms with Crippen molar-refractivity contribution in [1.82, 2.24) is 4.31 Å². The maximum Gasteiger partial charge on any atom is 0.211 e. The van der Waals surface area contributed by atoms with Crippen molar-refractivity contribution in [2.75, 3.05) is 37.3 Å². The second kappa shape index (κ2) is 5.49. The van der Waals surface area contributed by atoms with Gasteiger partial charge in [-0.05, 0) is 25.1 Å². The van der Waals surface area contributed by atoms with Gasteiger partial charge in [0.05, 0.1) is 11.9 Å². The summed E-state index contributed by atoms with van der Waals surface area (Å²) in [6.45, 7) is 2.94. The van der Waals surface area contributed by atoms with E-state index in [4.69, 9.17) is 0 Å². The number of ketones is 1. The average molecular weight is 300 g/mol. The maximum absolute atomic E-state index is 14.0. The first-order valence-electron chi connectivity index (χ1n) is 6.29. The van der Waals surface area contributed by atoms with Crippen LogP contribution in [0.5, 0.6) is 0 Å². The summed E-state index contributed by atoms with van der Waals surface area (Å²) in [6, 6.07) is 4.38. The van der Waals surface area contributed by atoms with Gasteiger partial charge >= 0.3 is 0 Å². The van der Waals surface area contributed by atoms with Gasteiger partial charge in [0.25, 0.3) is 0 Å². The molecule has 1 saturated heterocycles. The van der Waals surface area contributed by atoms with Crippen LogP contribution < -0.4 is 4.90 Å². The molecule has 0 aromatic heterocycles. The van der Waals surface area contributed by atoms with E-state index in [2.05, 4.69) is 0 Å². The Labute approximate surface area is 118 Å². The SMILES string of the molecule is CC(=O)c1ccc(N2CCN(S(C)(=O)=O)CC2)c(F)c1. The Bertz CT molecular complexity index is 623. The molecule has 1 aliphatic heterocycles. The van der Waals surface area contributed by atoms with Crippen LogP contribution in [0.3, 0.4) is 0 Å². The monoisotopic (exact) mass is 300 g/mol. The molecule has 0 N–H and O–H groups in total. The number of hydrogen-bond donors (Lipinski definition) is 0. The van der Waals surface area contributed by atoms with E-state index in [1.54, 1.807) is 17.0 Å². The van der Waals surface area contributed by atoms with E-state index in [1.165, 1.54) is 23.6 Å². The van der Waals surface area contributed by atoms with Gasteiger partial charge in [-0.15, -0.1) is 0 Å². The quantitative estimate of drug-likeness (QED) is 0.785. The fraction of sp³-hybridized carbons (Fsp3) is 0.462. The molecule has 0 saturated carbocycles. The largest absolute Gasteiger partial charge is 0.367 e. The second-order valence-electron chi connectivity index (χ2n) is 4.87. The van der Waals surface area contributed by atoms with Crippen LogP contribution in [0.15, 0.2) is 18.2 Å². The Hall–Kier alpha value is -1.47. The summed E-state index contributed by atoms with van der Waals surface area (Å²) in [5, 5.41) is 0. The van der Waals surface area contributed by atoms with E-state index in [-0.39, 0.29) is 5.78 Å². The molecule has 5 nitrogen and oxygen atoms in total. The minimum absolute atomic E-state index is 0.183. The zero-order valence-corrected chi connectivity index (χ0v) is 12.3. The van der Waals surface area contributed by atoms with E-state index in [0.29, 0.717) is 37.4 Å². The highest BCUT2D eigenvalue weighted by Crippen LogP contribution is 2.22. The molecule has 20 heavy (non-hydrogen) atoms. The molecule has 0 unspecified atom stereocenters. The predicted octanol–water partition coefficient (Wildman–Crippen LogP) is 1.11. The van der Waals surface area contributed by atoms with Gasteiger partial charge < -0.3 is 4.90 Å². The minimum atomic E-state index is -3.19. The van der Waals surface area contributed by atoms with E-state index in [1.807, 2.05) is 0 Å². The number of halogens is 1. The van der Waals surface area contributed by atoms with Crippen molar-refractivity contribution >= 4 is 21.5 Å². The lowest BCUT2D eigenvalue weighted by molar-refractivity contribution is 0.101. The number of sulfonamides is 1. The number of nitrogens with zero attached hydrogens (tertiary/aromatic N) is 2. The van der Waals surface area contributed by atoms with Crippen LogP contribution >= 0.6 is 0 Å². The van der Waals surface area contributed by atoms with Crippen molar-refractivity contribution in [2.24, 2.45) is 0 Å². The number of Topliss-reactive ketones (excluding diaryl/α,β-unsaturated/α-hetero) is 1. The second-order valence-corrected chi connectivity index (χ2v) is 6.85. The minimum Gasteiger partial charge on any atom is -0.367 e. The summed E-state index contributed by atoms with van der Waals surface area (Å²) in [5.74, 6) is -0.636. The molecule has 1 aromatic carbocycles. The van der Waals surface area contributed by atoms with Crippen LogP contribution in [-0.4, -0.2) is 50.9 Å². The van der Waals surface area contributed by atoms with Gasteiger partial charge in [-0.1, -0.05) is 0 Å². The number of carbonyl (C=O) groups is 1. The van der Waals surface area contributed by atoms with Gasteiger partial charge in [-0.3, -0.25) is 4.79 Å². The standard InChI is InChI=1S/C13H17FN2O3S/c1-10(17)11-3-4-13(12(14)9-11)15-5-7-16(8-6-15)20(2,18)19/h3-4,9H,5-8H2,1-2H3. The molecule has 0 amide bonds. The third-order valence-electron chi connectivity index (χ3n) is 3.40. The average Bonchev–Trinajstić information content (AvgIpc) is 2.37. The Morgan fingerprint density at radius 2 is 1.80 bits per heavy atom. The first kappa shape index (κ1) is 14.9. The van der Waals surface area contributed by atoms with E-state index in [9.17, 15) is 17.6 Å². The molecule has 1 aromatic rings. The third-order valence-corrected chi connectivity index (χ3v) is 4.71. The van der Waals surface area contributed by atoms with Crippen molar-refractivity contribution in [3.05, 3.63) is 29.6 Å². The zero-order valence-electron chi connectivity index (χ0n) is 11.5. The number of anilines is 1. The molecule has 2 rings (SSSR count). The molecular formula is C13H17FN2O3S. The number of carbonyl (C=O) groups excluding carboxylic acids is 1. The van der Waals surface area contributed by atoms with Crippen molar-refractivity contribution in [3.8, 4) is 0 Å². The van der Waals surface area contributed by atoms with Crippen LogP contribution in [0.4, 0.5) is 10.1 Å². The van der Waals surface area contributed by atoms with Crippen LogP contribution in [-0.2, 0) is 10.0 Å².